The summed E-state index contributed by atoms with van der Waals surface area (Å²) in [5.41, 5.74) is 5.82. The van der Waals surface area contributed by atoms with Crippen LogP contribution in [-0.4, -0.2) is 39.0 Å². The van der Waals surface area contributed by atoms with Crippen molar-refractivity contribution in [3.05, 3.63) is 77.6 Å². The van der Waals surface area contributed by atoms with Crippen LogP contribution in [0.2, 0.25) is 0 Å². The molecule has 0 saturated carbocycles. The van der Waals surface area contributed by atoms with Crippen LogP contribution in [0, 0.1) is 5.82 Å². The topological polar surface area (TPSA) is 97.4 Å². The second-order valence-electron chi connectivity index (χ2n) is 6.54. The summed E-state index contributed by atoms with van der Waals surface area (Å²) in [5, 5.41) is 7.57. The maximum Gasteiger partial charge on any atom is 0.266 e. The van der Waals surface area contributed by atoms with E-state index < -0.39 is 23.9 Å². The van der Waals surface area contributed by atoms with Crippen molar-refractivity contribution in [2.45, 2.75) is 12.2 Å². The van der Waals surface area contributed by atoms with E-state index in [1.54, 1.807) is 12.1 Å². The van der Waals surface area contributed by atoms with Gasteiger partial charge in [-0.2, -0.15) is 10.2 Å². The number of benzene rings is 1. The molecular weight excluding hydrogens is 378 g/mol. The Kier molecular flexibility index (Phi) is 4.50. The number of rotatable bonds is 4. The summed E-state index contributed by atoms with van der Waals surface area (Å²) < 4.78 is 28.3. The molecule has 1 aliphatic rings. The molecule has 1 amide bonds. The number of aliphatic imine (C=N–C) groups is 1. The zero-order valence-electron chi connectivity index (χ0n) is 15.4. The number of guanidine groups is 1. The molecule has 2 N–H and O–H groups in total. The quantitative estimate of drug-likeness (QED) is 0.732. The van der Waals surface area contributed by atoms with Crippen LogP contribution in [0.4, 0.5) is 8.78 Å². The SMILES string of the molecule is CN1C(=O)C(c2ccnc(CF)c2)(c2cc(-c3ccnnc3)ccc2F)N=C1N. The highest BCUT2D eigenvalue weighted by Gasteiger charge is 2.51. The van der Waals surface area contributed by atoms with Crippen molar-refractivity contribution in [1.82, 2.24) is 20.1 Å². The number of likely N-dealkylation sites (N-methyl/N-ethyl adjacent to an activating group) is 1. The van der Waals surface area contributed by atoms with Crippen LogP contribution in [0.3, 0.4) is 0 Å². The summed E-state index contributed by atoms with van der Waals surface area (Å²) in [6.45, 7) is -0.835. The predicted molar refractivity (Wildman–Crippen MR) is 102 cm³/mol. The second kappa shape index (κ2) is 7.01. The van der Waals surface area contributed by atoms with E-state index in [0.717, 1.165) is 4.90 Å². The molecule has 0 fully saturated rings. The molecular formula is C20H16F2N6O. The highest BCUT2D eigenvalue weighted by atomic mass is 19.1. The lowest BCUT2D eigenvalue weighted by Crippen LogP contribution is -2.41. The van der Waals surface area contributed by atoms with Crippen LogP contribution in [0.1, 0.15) is 16.8 Å². The normalized spacial score (nSPS) is 18.8. The van der Waals surface area contributed by atoms with Crippen LogP contribution in [0.5, 0.6) is 0 Å². The zero-order valence-corrected chi connectivity index (χ0v) is 15.4. The Hall–Kier alpha value is -3.75. The third kappa shape index (κ3) is 2.91. The summed E-state index contributed by atoms with van der Waals surface area (Å²) in [6.07, 6.45) is 4.39. The number of hydrogen-bond acceptors (Lipinski definition) is 6. The van der Waals surface area contributed by atoms with Gasteiger partial charge in [0.15, 0.2) is 11.5 Å². The molecule has 4 rings (SSSR count). The average Bonchev–Trinajstić information content (AvgIpc) is 2.99. The zero-order chi connectivity index (χ0) is 20.6. The van der Waals surface area contributed by atoms with Gasteiger partial charge in [0.25, 0.3) is 5.91 Å². The van der Waals surface area contributed by atoms with Gasteiger partial charge in [-0.1, -0.05) is 6.07 Å². The fourth-order valence-corrected chi connectivity index (χ4v) is 3.38. The number of nitrogens with two attached hydrogens (primary N) is 1. The minimum absolute atomic E-state index is 0.000111. The molecule has 1 aliphatic heterocycles. The third-order valence-electron chi connectivity index (χ3n) is 4.89. The summed E-state index contributed by atoms with van der Waals surface area (Å²) in [5.74, 6) is -1.26. The van der Waals surface area contributed by atoms with Gasteiger partial charge in [0.1, 0.15) is 12.5 Å². The summed E-state index contributed by atoms with van der Waals surface area (Å²) in [7, 11) is 1.45. The number of nitrogens with zero attached hydrogens (tertiary/aromatic N) is 5. The van der Waals surface area contributed by atoms with Gasteiger partial charge in [-0.05, 0) is 41.5 Å². The Bertz CT molecular complexity index is 1120. The number of pyridine rings is 1. The molecule has 1 atom stereocenters. The number of carbonyl (C=O) groups excluding carboxylic acids is 1. The molecule has 146 valence electrons. The van der Waals surface area contributed by atoms with Gasteiger partial charge < -0.3 is 5.73 Å². The molecule has 7 nitrogen and oxygen atoms in total. The van der Waals surface area contributed by atoms with Gasteiger partial charge in [0, 0.05) is 24.4 Å². The van der Waals surface area contributed by atoms with Crippen LogP contribution in [0.25, 0.3) is 11.1 Å². The molecule has 0 radical (unpaired) electrons. The Balaban J connectivity index is 2.00. The minimum atomic E-state index is -1.79. The standard InChI is InChI=1S/C20H16F2N6O/c1-28-18(29)20(27-19(28)23,14-5-6-24-15(9-14)10-21)16-8-12(2-3-17(16)22)13-4-7-25-26-11-13/h2-9,11H,10H2,1H3,(H2,23,27). The van der Waals surface area contributed by atoms with Gasteiger partial charge in [-0.25, -0.2) is 13.8 Å². The second-order valence-corrected chi connectivity index (χ2v) is 6.54. The molecule has 2 aromatic heterocycles. The number of aromatic nitrogens is 3. The fraction of sp³-hybridized carbons (Fsp3) is 0.150. The third-order valence-corrected chi connectivity index (χ3v) is 4.89. The number of hydrogen-bond donors (Lipinski definition) is 1. The lowest BCUT2D eigenvalue weighted by atomic mass is 9.81. The summed E-state index contributed by atoms with van der Waals surface area (Å²) in [6, 6.07) is 8.96. The number of amides is 1. The first kappa shape index (κ1) is 18.6. The first-order valence-corrected chi connectivity index (χ1v) is 8.69. The van der Waals surface area contributed by atoms with E-state index in [0.29, 0.717) is 11.1 Å². The molecule has 29 heavy (non-hydrogen) atoms. The molecule has 9 heteroatoms. The summed E-state index contributed by atoms with van der Waals surface area (Å²) >= 11 is 0. The maximum absolute atomic E-state index is 15.1. The van der Waals surface area contributed by atoms with E-state index in [9.17, 15) is 9.18 Å². The van der Waals surface area contributed by atoms with Gasteiger partial charge in [-0.3, -0.25) is 14.7 Å². The number of alkyl halides is 1. The van der Waals surface area contributed by atoms with Crippen molar-refractivity contribution in [2.75, 3.05) is 7.05 Å². The number of halogens is 2. The van der Waals surface area contributed by atoms with Crippen LogP contribution < -0.4 is 5.73 Å². The van der Waals surface area contributed by atoms with Crippen molar-refractivity contribution < 1.29 is 13.6 Å². The van der Waals surface area contributed by atoms with Gasteiger partial charge in [0.05, 0.1) is 18.1 Å². The van der Waals surface area contributed by atoms with E-state index in [2.05, 4.69) is 20.2 Å². The van der Waals surface area contributed by atoms with Gasteiger partial charge >= 0.3 is 0 Å². The lowest BCUT2D eigenvalue weighted by molar-refractivity contribution is -0.129. The first-order valence-electron chi connectivity index (χ1n) is 8.69. The van der Waals surface area contributed by atoms with Gasteiger partial charge in [-0.15, -0.1) is 0 Å². The van der Waals surface area contributed by atoms with E-state index in [1.807, 2.05) is 0 Å². The van der Waals surface area contributed by atoms with Crippen LogP contribution >= 0.6 is 0 Å². The Morgan fingerprint density at radius 3 is 2.59 bits per heavy atom. The minimum Gasteiger partial charge on any atom is -0.369 e. The average molecular weight is 394 g/mol. The van der Waals surface area contributed by atoms with E-state index in [1.165, 1.54) is 49.9 Å². The predicted octanol–water partition coefficient (Wildman–Crippen LogP) is 2.18. The molecule has 0 aliphatic carbocycles. The van der Waals surface area contributed by atoms with Crippen molar-refractivity contribution in [3.8, 4) is 11.1 Å². The van der Waals surface area contributed by atoms with E-state index in [-0.39, 0.29) is 22.8 Å². The monoisotopic (exact) mass is 394 g/mol. The van der Waals surface area contributed by atoms with Crippen molar-refractivity contribution in [3.63, 3.8) is 0 Å². The molecule has 0 saturated heterocycles. The fourth-order valence-electron chi connectivity index (χ4n) is 3.38. The van der Waals surface area contributed by atoms with E-state index >= 15 is 4.39 Å². The molecule has 0 spiro atoms. The first-order chi connectivity index (χ1) is 14.0. The van der Waals surface area contributed by atoms with Crippen molar-refractivity contribution in [2.24, 2.45) is 10.7 Å². The Labute approximate surface area is 164 Å². The molecule has 0 bridgehead atoms. The molecule has 1 aromatic carbocycles. The Morgan fingerprint density at radius 2 is 1.93 bits per heavy atom. The highest BCUT2D eigenvalue weighted by Crippen LogP contribution is 2.41. The number of carbonyl (C=O) groups is 1. The van der Waals surface area contributed by atoms with Crippen molar-refractivity contribution >= 4 is 11.9 Å². The van der Waals surface area contributed by atoms with Crippen molar-refractivity contribution in [1.29, 1.82) is 0 Å². The highest BCUT2D eigenvalue weighted by molar-refractivity contribution is 6.09. The largest absolute Gasteiger partial charge is 0.369 e. The lowest BCUT2D eigenvalue weighted by Gasteiger charge is -2.27. The molecule has 3 heterocycles. The van der Waals surface area contributed by atoms with Crippen LogP contribution in [0.15, 0.2) is 60.0 Å². The molecule has 3 aromatic rings. The van der Waals surface area contributed by atoms with Gasteiger partial charge in [0.2, 0.25) is 0 Å². The molecule has 1 unspecified atom stereocenters. The maximum atomic E-state index is 15.1. The summed E-state index contributed by atoms with van der Waals surface area (Å²) in [4.78, 5) is 22.7. The Morgan fingerprint density at radius 1 is 1.10 bits per heavy atom. The van der Waals surface area contributed by atoms with Crippen LogP contribution in [-0.2, 0) is 17.0 Å². The smallest absolute Gasteiger partial charge is 0.266 e. The van der Waals surface area contributed by atoms with E-state index in [4.69, 9.17) is 5.73 Å².